The van der Waals surface area contributed by atoms with E-state index in [9.17, 15) is 26.0 Å². The smallest absolute Gasteiger partial charge is 0.416 e. The van der Waals surface area contributed by atoms with E-state index in [2.05, 4.69) is 10.1 Å². The normalized spacial score (nSPS) is 15.8. The van der Waals surface area contributed by atoms with E-state index < -0.39 is 33.1 Å². The van der Waals surface area contributed by atoms with Crippen molar-refractivity contribution in [1.29, 1.82) is 0 Å². The van der Waals surface area contributed by atoms with Crippen LogP contribution in [0.2, 0.25) is 0 Å². The van der Waals surface area contributed by atoms with Crippen molar-refractivity contribution in [3.63, 3.8) is 0 Å². The zero-order chi connectivity index (χ0) is 26.4. The zero-order valence-electron chi connectivity index (χ0n) is 19.5. The lowest BCUT2D eigenvalue weighted by atomic mass is 9.83. The quantitative estimate of drug-likeness (QED) is 0.317. The summed E-state index contributed by atoms with van der Waals surface area (Å²) in [5.41, 5.74) is 1.23. The van der Waals surface area contributed by atoms with Crippen molar-refractivity contribution >= 4 is 9.84 Å². The Balaban J connectivity index is 1.56. The van der Waals surface area contributed by atoms with Crippen molar-refractivity contribution in [2.24, 2.45) is 7.05 Å². The van der Waals surface area contributed by atoms with Gasteiger partial charge in [0.25, 0.3) is 0 Å². The average Bonchev–Trinajstić information content (AvgIpc) is 3.29. The van der Waals surface area contributed by atoms with Crippen molar-refractivity contribution in [2.75, 3.05) is 6.61 Å². The van der Waals surface area contributed by atoms with Gasteiger partial charge < -0.3 is 4.74 Å². The van der Waals surface area contributed by atoms with Gasteiger partial charge in [-0.1, -0.05) is 12.1 Å². The Labute approximate surface area is 210 Å². The highest BCUT2D eigenvalue weighted by molar-refractivity contribution is 7.90. The molecule has 0 unspecified atom stereocenters. The first kappa shape index (κ1) is 24.9. The van der Waals surface area contributed by atoms with E-state index in [4.69, 9.17) is 4.74 Å². The number of alkyl halides is 3. The maximum Gasteiger partial charge on any atom is 0.416 e. The van der Waals surface area contributed by atoms with Crippen molar-refractivity contribution < 1.29 is 30.7 Å². The van der Waals surface area contributed by atoms with Gasteiger partial charge in [-0.25, -0.2) is 12.8 Å². The summed E-state index contributed by atoms with van der Waals surface area (Å²) in [5.74, 6) is -1.37. The summed E-state index contributed by atoms with van der Waals surface area (Å²) in [6, 6.07) is 12.2. The van der Waals surface area contributed by atoms with Crippen molar-refractivity contribution in [2.45, 2.75) is 29.2 Å². The summed E-state index contributed by atoms with van der Waals surface area (Å²) in [7, 11) is -2.29. The van der Waals surface area contributed by atoms with E-state index in [1.54, 1.807) is 19.2 Å². The number of aryl methyl sites for hydroxylation is 1. The van der Waals surface area contributed by atoms with E-state index in [1.165, 1.54) is 41.3 Å². The Bertz CT molecular complexity index is 1580. The lowest BCUT2D eigenvalue weighted by molar-refractivity contribution is -0.137. The molecular formula is C26H21F4N3O3S. The van der Waals surface area contributed by atoms with Crippen molar-refractivity contribution in [3.05, 3.63) is 95.2 Å². The molecule has 2 aromatic heterocycles. The van der Waals surface area contributed by atoms with Crippen LogP contribution in [0.3, 0.4) is 0 Å². The molecule has 0 bridgehead atoms. The third kappa shape index (κ3) is 4.83. The summed E-state index contributed by atoms with van der Waals surface area (Å²) in [6.07, 6.45) is -1.21. The van der Waals surface area contributed by atoms with Crippen LogP contribution in [-0.2, 0) is 28.8 Å². The van der Waals surface area contributed by atoms with Crippen LogP contribution in [0.1, 0.15) is 34.7 Å². The maximum atomic E-state index is 14.0. The van der Waals surface area contributed by atoms with E-state index in [0.717, 1.165) is 18.2 Å². The lowest BCUT2D eigenvalue weighted by Crippen LogP contribution is -2.18. The fourth-order valence-electron chi connectivity index (χ4n) is 4.57. The number of nitrogens with zero attached hydrogens (tertiary/aromatic N) is 3. The Morgan fingerprint density at radius 1 is 1.05 bits per heavy atom. The molecule has 0 aliphatic carbocycles. The molecule has 0 spiro atoms. The van der Waals surface area contributed by atoms with Crippen LogP contribution < -0.4 is 4.74 Å². The van der Waals surface area contributed by atoms with E-state index in [0.29, 0.717) is 34.6 Å². The highest BCUT2D eigenvalue weighted by Crippen LogP contribution is 2.44. The molecule has 2 aromatic carbocycles. The van der Waals surface area contributed by atoms with Gasteiger partial charge in [0.2, 0.25) is 0 Å². The minimum atomic E-state index is -4.52. The standard InChI is InChI=1S/C26H21F4N3O3S/c1-33-24(8-11-32-33)21-13-16(26(28,29)30)4-6-18(21)19-9-12-36-25-14-17(5-7-20(19)25)37(34,35)15-23-22(27)3-2-10-31-23/h2-8,10-11,13-14,19H,9,12,15H2,1H3/t19-/m1/s1. The van der Waals surface area contributed by atoms with Gasteiger partial charge in [-0.15, -0.1) is 0 Å². The van der Waals surface area contributed by atoms with Crippen LogP contribution in [0.15, 0.2) is 71.9 Å². The van der Waals surface area contributed by atoms with Gasteiger partial charge in [-0.3, -0.25) is 9.67 Å². The molecule has 0 N–H and O–H groups in total. The number of pyridine rings is 1. The first-order valence-corrected chi connectivity index (χ1v) is 13.0. The van der Waals surface area contributed by atoms with Gasteiger partial charge in [0.05, 0.1) is 34.2 Å². The molecule has 11 heteroatoms. The largest absolute Gasteiger partial charge is 0.493 e. The SMILES string of the molecule is Cn1nccc1-c1cc(C(F)(F)F)ccc1[C@H]1CCOc2cc(S(=O)(=O)Cc3ncccc3F)ccc21. The first-order chi connectivity index (χ1) is 17.5. The number of ether oxygens (including phenoxy) is 1. The molecular weight excluding hydrogens is 510 g/mol. The lowest BCUT2D eigenvalue weighted by Gasteiger charge is -2.28. The zero-order valence-corrected chi connectivity index (χ0v) is 20.4. The summed E-state index contributed by atoms with van der Waals surface area (Å²) < 4.78 is 87.9. The number of aromatic nitrogens is 3. The van der Waals surface area contributed by atoms with Crippen LogP contribution in [0.4, 0.5) is 17.6 Å². The molecule has 1 atom stereocenters. The van der Waals surface area contributed by atoms with Gasteiger partial charge >= 0.3 is 6.18 Å². The summed E-state index contributed by atoms with van der Waals surface area (Å²) in [5, 5.41) is 4.11. The predicted molar refractivity (Wildman–Crippen MR) is 127 cm³/mol. The molecule has 0 radical (unpaired) electrons. The second-order valence-electron chi connectivity index (χ2n) is 8.72. The molecule has 0 saturated heterocycles. The Morgan fingerprint density at radius 2 is 1.84 bits per heavy atom. The summed E-state index contributed by atoms with van der Waals surface area (Å²) in [4.78, 5) is 3.76. The van der Waals surface area contributed by atoms with E-state index >= 15 is 0 Å². The molecule has 37 heavy (non-hydrogen) atoms. The van der Waals surface area contributed by atoms with Crippen LogP contribution in [0, 0.1) is 5.82 Å². The number of rotatable bonds is 5. The first-order valence-electron chi connectivity index (χ1n) is 11.3. The Hall–Kier alpha value is -3.73. The van der Waals surface area contributed by atoms with Gasteiger partial charge in [0.1, 0.15) is 11.6 Å². The number of sulfone groups is 1. The van der Waals surface area contributed by atoms with Gasteiger partial charge in [0, 0.05) is 36.5 Å². The second kappa shape index (κ2) is 9.29. The fraction of sp³-hybridized carbons (Fsp3) is 0.231. The van der Waals surface area contributed by atoms with Crippen LogP contribution >= 0.6 is 0 Å². The highest BCUT2D eigenvalue weighted by Gasteiger charge is 2.34. The molecule has 0 fully saturated rings. The van der Waals surface area contributed by atoms with Crippen LogP contribution in [-0.4, -0.2) is 29.8 Å². The molecule has 4 aromatic rings. The van der Waals surface area contributed by atoms with E-state index in [1.807, 2.05) is 0 Å². The highest BCUT2D eigenvalue weighted by atomic mass is 32.2. The van der Waals surface area contributed by atoms with Gasteiger partial charge in [-0.2, -0.15) is 18.3 Å². The van der Waals surface area contributed by atoms with Crippen LogP contribution in [0.25, 0.3) is 11.3 Å². The molecule has 3 heterocycles. The number of halogens is 4. The second-order valence-corrected chi connectivity index (χ2v) is 10.7. The molecule has 0 saturated carbocycles. The molecule has 5 rings (SSSR count). The summed E-state index contributed by atoms with van der Waals surface area (Å²) >= 11 is 0. The maximum absolute atomic E-state index is 14.0. The van der Waals surface area contributed by atoms with Gasteiger partial charge in [-0.05, 0) is 54.4 Å². The van der Waals surface area contributed by atoms with Gasteiger partial charge in [0.15, 0.2) is 9.84 Å². The number of fused-ring (bicyclic) bond motifs is 1. The van der Waals surface area contributed by atoms with E-state index in [-0.39, 0.29) is 23.1 Å². The van der Waals surface area contributed by atoms with Crippen LogP contribution in [0.5, 0.6) is 5.75 Å². The molecule has 192 valence electrons. The minimum Gasteiger partial charge on any atom is -0.493 e. The third-order valence-electron chi connectivity index (χ3n) is 6.40. The monoisotopic (exact) mass is 531 g/mol. The number of hydrogen-bond donors (Lipinski definition) is 0. The Morgan fingerprint density at radius 3 is 2.54 bits per heavy atom. The minimum absolute atomic E-state index is 0.0590. The molecule has 0 amide bonds. The van der Waals surface area contributed by atoms with Crippen molar-refractivity contribution in [1.82, 2.24) is 14.8 Å². The van der Waals surface area contributed by atoms with Crippen molar-refractivity contribution in [3.8, 4) is 17.0 Å². The fourth-order valence-corrected chi connectivity index (χ4v) is 5.87. The third-order valence-corrected chi connectivity index (χ3v) is 8.02. The Kier molecular flexibility index (Phi) is 6.26. The molecule has 1 aliphatic heterocycles. The molecule has 1 aliphatic rings. The topological polar surface area (TPSA) is 74.1 Å². The number of benzene rings is 2. The predicted octanol–water partition coefficient (Wildman–Crippen LogP) is 5.53. The average molecular weight is 532 g/mol. The summed E-state index contributed by atoms with van der Waals surface area (Å²) in [6.45, 7) is 0.238. The number of hydrogen-bond acceptors (Lipinski definition) is 5. The molecule has 6 nitrogen and oxygen atoms in total.